The number of ether oxygens (including phenoxy) is 1. The molecule has 4 aromatic rings. The molecule has 2 aromatic carbocycles. The first-order chi connectivity index (χ1) is 14.9. The Balaban J connectivity index is 1.83. The first-order valence-electron chi connectivity index (χ1n) is 8.94. The molecule has 4 rings (SSSR count). The molecule has 0 aliphatic rings. The van der Waals surface area contributed by atoms with Gasteiger partial charge < -0.3 is 9.84 Å². The molecule has 0 fully saturated rings. The number of carboxylic acids is 1. The Morgan fingerprint density at radius 1 is 1.19 bits per heavy atom. The van der Waals surface area contributed by atoms with Gasteiger partial charge in [-0.15, -0.1) is 21.5 Å². The lowest BCUT2D eigenvalue weighted by molar-refractivity contribution is 0.0696. The van der Waals surface area contributed by atoms with Crippen LogP contribution in [0.2, 0.25) is 0 Å². The van der Waals surface area contributed by atoms with Crippen LogP contribution in [0.4, 0.5) is 0 Å². The first kappa shape index (κ1) is 20.7. The Kier molecular flexibility index (Phi) is 5.53. The highest BCUT2D eigenvalue weighted by Crippen LogP contribution is 2.35. The van der Waals surface area contributed by atoms with Gasteiger partial charge in [0.1, 0.15) is 10.6 Å². The number of hydrogen-bond acceptors (Lipinski definition) is 8. The predicted octanol–water partition coefficient (Wildman–Crippen LogP) is 3.28. The molecule has 0 atom stereocenters. The number of nitrogens with one attached hydrogen (secondary N) is 1. The van der Waals surface area contributed by atoms with Crippen molar-refractivity contribution >= 4 is 27.1 Å². The summed E-state index contributed by atoms with van der Waals surface area (Å²) in [6, 6.07) is 12.8. The Bertz CT molecular complexity index is 1330. The average Bonchev–Trinajstić information content (AvgIpc) is 3.47. The summed E-state index contributed by atoms with van der Waals surface area (Å²) >= 11 is 1.48. The second-order valence-electron chi connectivity index (χ2n) is 6.51. The van der Waals surface area contributed by atoms with Gasteiger partial charge in [-0.05, 0) is 52.1 Å². The van der Waals surface area contributed by atoms with Gasteiger partial charge in [0.2, 0.25) is 5.82 Å². The van der Waals surface area contributed by atoms with Crippen molar-refractivity contribution in [2.24, 2.45) is 0 Å². The fourth-order valence-corrected chi connectivity index (χ4v) is 5.50. The third-order valence-corrected chi connectivity index (χ3v) is 7.17. The van der Waals surface area contributed by atoms with Crippen molar-refractivity contribution in [2.45, 2.75) is 10.6 Å². The van der Waals surface area contributed by atoms with Crippen LogP contribution in [0.3, 0.4) is 0 Å². The molecule has 0 aliphatic heterocycles. The number of rotatable bonds is 7. The minimum atomic E-state index is -3.96. The maximum absolute atomic E-state index is 13.4. The average molecular weight is 457 g/mol. The summed E-state index contributed by atoms with van der Waals surface area (Å²) in [4.78, 5) is 12.1. The van der Waals surface area contributed by atoms with E-state index in [1.54, 1.807) is 12.1 Å². The van der Waals surface area contributed by atoms with E-state index in [2.05, 4.69) is 20.6 Å². The SMILES string of the molecule is COc1ccc(C(=O)O)cc1S(=O)(=O)Cc1cc(-c2nn[nH]n2)ccc1-c1cccs1. The van der Waals surface area contributed by atoms with Crippen LogP contribution in [-0.4, -0.2) is 47.2 Å². The van der Waals surface area contributed by atoms with Crippen molar-refractivity contribution in [3.63, 3.8) is 0 Å². The van der Waals surface area contributed by atoms with E-state index >= 15 is 0 Å². The van der Waals surface area contributed by atoms with Crippen LogP contribution in [0.1, 0.15) is 15.9 Å². The summed E-state index contributed by atoms with van der Waals surface area (Å²) < 4.78 is 31.9. The van der Waals surface area contributed by atoms with Crippen LogP contribution in [0.25, 0.3) is 21.8 Å². The Labute approximate surface area is 181 Å². The van der Waals surface area contributed by atoms with Crippen molar-refractivity contribution in [2.75, 3.05) is 7.11 Å². The smallest absolute Gasteiger partial charge is 0.335 e. The molecule has 2 heterocycles. The van der Waals surface area contributed by atoms with Crippen molar-refractivity contribution in [1.29, 1.82) is 0 Å². The summed E-state index contributed by atoms with van der Waals surface area (Å²) in [5.41, 5.74) is 1.73. The number of aromatic carboxylic acids is 1. The van der Waals surface area contributed by atoms with Crippen LogP contribution < -0.4 is 4.74 Å². The van der Waals surface area contributed by atoms with E-state index in [1.807, 2.05) is 23.6 Å². The van der Waals surface area contributed by atoms with Crippen LogP contribution in [0.5, 0.6) is 5.75 Å². The Morgan fingerprint density at radius 3 is 2.68 bits per heavy atom. The zero-order valence-corrected chi connectivity index (χ0v) is 17.8. The minimum Gasteiger partial charge on any atom is -0.495 e. The van der Waals surface area contributed by atoms with Crippen molar-refractivity contribution in [1.82, 2.24) is 20.6 Å². The molecule has 0 unspecified atom stereocenters. The fourth-order valence-electron chi connectivity index (χ4n) is 3.14. The maximum atomic E-state index is 13.4. The molecule has 0 amide bonds. The van der Waals surface area contributed by atoms with Crippen molar-refractivity contribution in [3.05, 3.63) is 65.0 Å². The van der Waals surface area contributed by atoms with Gasteiger partial charge in [-0.1, -0.05) is 18.2 Å². The predicted molar refractivity (Wildman–Crippen MR) is 114 cm³/mol. The lowest BCUT2D eigenvalue weighted by Crippen LogP contribution is -2.10. The molecule has 0 aliphatic carbocycles. The second-order valence-corrected chi connectivity index (χ2v) is 9.42. The number of H-pyrrole nitrogens is 1. The normalized spacial score (nSPS) is 11.4. The number of aromatic amines is 1. The molecule has 2 N–H and O–H groups in total. The lowest BCUT2D eigenvalue weighted by Gasteiger charge is -2.13. The van der Waals surface area contributed by atoms with E-state index in [4.69, 9.17) is 4.74 Å². The number of benzene rings is 2. The van der Waals surface area contributed by atoms with Gasteiger partial charge in [0, 0.05) is 10.4 Å². The van der Waals surface area contributed by atoms with E-state index in [-0.39, 0.29) is 22.0 Å². The molecule has 11 heteroatoms. The molecule has 0 spiro atoms. The van der Waals surface area contributed by atoms with Crippen molar-refractivity contribution in [3.8, 4) is 27.6 Å². The van der Waals surface area contributed by atoms with Crippen LogP contribution in [0.15, 0.2) is 58.8 Å². The standard InChI is InChI=1S/C20H16N4O5S2/c1-29-16-7-5-13(20(25)26)10-18(16)31(27,28)11-14-9-12(19-21-23-24-22-19)4-6-15(14)17-3-2-8-30-17/h2-10H,11H2,1H3,(H,25,26)(H,21,22,23,24). The molecule has 158 valence electrons. The largest absolute Gasteiger partial charge is 0.495 e. The third-order valence-electron chi connectivity index (χ3n) is 4.59. The van der Waals surface area contributed by atoms with E-state index in [0.717, 1.165) is 16.5 Å². The van der Waals surface area contributed by atoms with E-state index in [0.29, 0.717) is 17.0 Å². The van der Waals surface area contributed by atoms with E-state index in [1.165, 1.54) is 30.6 Å². The minimum absolute atomic E-state index is 0.0806. The molecule has 0 saturated carbocycles. The number of methoxy groups -OCH3 is 1. The van der Waals surface area contributed by atoms with Gasteiger partial charge in [-0.3, -0.25) is 0 Å². The molecule has 31 heavy (non-hydrogen) atoms. The summed E-state index contributed by atoms with van der Waals surface area (Å²) in [6.07, 6.45) is 0. The summed E-state index contributed by atoms with van der Waals surface area (Å²) in [5.74, 6) is -1.18. The zero-order chi connectivity index (χ0) is 22.0. The number of nitrogens with zero attached hydrogens (tertiary/aromatic N) is 3. The van der Waals surface area contributed by atoms with Crippen LogP contribution in [-0.2, 0) is 15.6 Å². The van der Waals surface area contributed by atoms with Gasteiger partial charge in [-0.25, -0.2) is 13.2 Å². The maximum Gasteiger partial charge on any atom is 0.335 e. The molecular formula is C20H16N4O5S2. The molecule has 0 saturated heterocycles. The van der Waals surface area contributed by atoms with Gasteiger partial charge in [0.15, 0.2) is 9.84 Å². The number of carbonyl (C=O) groups is 1. The number of sulfone groups is 1. The van der Waals surface area contributed by atoms with Gasteiger partial charge in [-0.2, -0.15) is 5.21 Å². The number of hydrogen-bond donors (Lipinski definition) is 2. The molecule has 9 nitrogen and oxygen atoms in total. The molecule has 0 bridgehead atoms. The topological polar surface area (TPSA) is 135 Å². The van der Waals surface area contributed by atoms with Gasteiger partial charge >= 0.3 is 5.97 Å². The fraction of sp³-hybridized carbons (Fsp3) is 0.100. The highest BCUT2D eigenvalue weighted by Gasteiger charge is 2.24. The number of thiophene rings is 1. The summed E-state index contributed by atoms with van der Waals surface area (Å²) in [5, 5.41) is 25.0. The van der Waals surface area contributed by atoms with Crippen molar-refractivity contribution < 1.29 is 23.1 Å². The second kappa shape index (κ2) is 8.28. The number of aromatic nitrogens is 4. The Morgan fingerprint density at radius 2 is 2.03 bits per heavy atom. The third kappa shape index (κ3) is 4.18. The van der Waals surface area contributed by atoms with Crippen LogP contribution >= 0.6 is 11.3 Å². The summed E-state index contributed by atoms with van der Waals surface area (Å²) in [7, 11) is -2.62. The zero-order valence-electron chi connectivity index (χ0n) is 16.1. The first-order valence-corrected chi connectivity index (χ1v) is 11.5. The molecule has 0 radical (unpaired) electrons. The molecule has 2 aromatic heterocycles. The highest BCUT2D eigenvalue weighted by molar-refractivity contribution is 7.90. The van der Waals surface area contributed by atoms with E-state index < -0.39 is 15.8 Å². The highest BCUT2D eigenvalue weighted by atomic mass is 32.2. The lowest BCUT2D eigenvalue weighted by atomic mass is 10.0. The molecular weight excluding hydrogens is 440 g/mol. The van der Waals surface area contributed by atoms with E-state index in [9.17, 15) is 18.3 Å². The number of tetrazole rings is 1. The van der Waals surface area contributed by atoms with Crippen LogP contribution in [0, 0.1) is 0 Å². The monoisotopic (exact) mass is 456 g/mol. The summed E-state index contributed by atoms with van der Waals surface area (Å²) in [6.45, 7) is 0. The number of carboxylic acid groups (broad SMARTS) is 1. The Hall–Kier alpha value is -3.57. The quantitative estimate of drug-likeness (QED) is 0.432. The van der Waals surface area contributed by atoms with Gasteiger partial charge in [0.25, 0.3) is 0 Å². The van der Waals surface area contributed by atoms with Gasteiger partial charge in [0.05, 0.1) is 18.4 Å².